The Kier molecular flexibility index (Phi) is 5.60. The molecule has 0 fully saturated rings. The van der Waals surface area contributed by atoms with Gasteiger partial charge in [-0.1, -0.05) is 23.3 Å². The van der Waals surface area contributed by atoms with E-state index in [-0.39, 0.29) is 11.3 Å². The summed E-state index contributed by atoms with van der Waals surface area (Å²) in [5.74, 6) is -0.870. The van der Waals surface area contributed by atoms with Crippen LogP contribution in [0.5, 0.6) is 0 Å². The van der Waals surface area contributed by atoms with Gasteiger partial charge in [-0.25, -0.2) is 9.37 Å². The standard InChI is InChI=1S/C20H18BFN2O3S/c1-20(2,3)27-17(25)11-28-19-23-16-10-12(21)4-9-15(16)18(26)24(19)14-7-5-13(22)6-8-14/h4-10H,11H2,1-3H3. The van der Waals surface area contributed by atoms with Crippen LogP contribution in [-0.2, 0) is 9.53 Å². The molecule has 0 aliphatic carbocycles. The van der Waals surface area contributed by atoms with Crippen LogP contribution in [0.2, 0.25) is 0 Å². The Bertz CT molecular complexity index is 1090. The second kappa shape index (κ2) is 7.79. The van der Waals surface area contributed by atoms with E-state index in [0.29, 0.717) is 27.2 Å². The Morgan fingerprint density at radius 3 is 2.54 bits per heavy atom. The molecule has 142 valence electrons. The lowest BCUT2D eigenvalue weighted by molar-refractivity contribution is -0.151. The SMILES string of the molecule is [B]c1ccc2c(=O)n(-c3ccc(F)cc3)c(SCC(=O)OC(C)(C)C)nc2c1. The summed E-state index contributed by atoms with van der Waals surface area (Å²) in [5.41, 5.74) is 0.407. The van der Waals surface area contributed by atoms with E-state index in [0.717, 1.165) is 11.8 Å². The molecule has 0 saturated heterocycles. The fourth-order valence-electron chi connectivity index (χ4n) is 2.59. The van der Waals surface area contributed by atoms with Crippen LogP contribution >= 0.6 is 11.8 Å². The number of halogens is 1. The minimum absolute atomic E-state index is 0.0290. The Morgan fingerprint density at radius 1 is 1.21 bits per heavy atom. The number of hydrogen-bond donors (Lipinski definition) is 0. The van der Waals surface area contributed by atoms with Crippen LogP contribution in [0.4, 0.5) is 4.39 Å². The summed E-state index contributed by atoms with van der Waals surface area (Å²) in [4.78, 5) is 29.7. The van der Waals surface area contributed by atoms with Crippen LogP contribution < -0.4 is 11.0 Å². The first-order valence-corrected chi connectivity index (χ1v) is 9.55. The first-order valence-electron chi connectivity index (χ1n) is 8.57. The molecule has 8 heteroatoms. The van der Waals surface area contributed by atoms with Gasteiger partial charge in [-0.15, -0.1) is 0 Å². The fraction of sp³-hybridized carbons (Fsp3) is 0.250. The first kappa shape index (κ1) is 20.1. The van der Waals surface area contributed by atoms with Crippen LogP contribution in [0.3, 0.4) is 0 Å². The molecule has 3 aromatic rings. The highest BCUT2D eigenvalue weighted by atomic mass is 32.2. The lowest BCUT2D eigenvalue weighted by Crippen LogP contribution is -2.26. The fourth-order valence-corrected chi connectivity index (χ4v) is 3.38. The number of benzene rings is 2. The minimum atomic E-state index is -0.612. The van der Waals surface area contributed by atoms with Gasteiger partial charge >= 0.3 is 5.97 Å². The summed E-state index contributed by atoms with van der Waals surface area (Å²) in [6.45, 7) is 5.34. The normalized spacial score (nSPS) is 11.6. The van der Waals surface area contributed by atoms with E-state index >= 15 is 0 Å². The van der Waals surface area contributed by atoms with E-state index in [1.807, 2.05) is 0 Å². The van der Waals surface area contributed by atoms with Gasteiger partial charge in [0.15, 0.2) is 5.16 Å². The zero-order valence-corrected chi connectivity index (χ0v) is 16.5. The quantitative estimate of drug-likeness (QED) is 0.294. The van der Waals surface area contributed by atoms with Crippen LogP contribution in [-0.4, -0.2) is 34.7 Å². The third kappa shape index (κ3) is 4.62. The second-order valence-corrected chi connectivity index (χ2v) is 8.11. The van der Waals surface area contributed by atoms with E-state index < -0.39 is 17.4 Å². The van der Waals surface area contributed by atoms with Crippen molar-refractivity contribution in [2.24, 2.45) is 0 Å². The van der Waals surface area contributed by atoms with Crippen molar-refractivity contribution in [3.05, 3.63) is 58.6 Å². The number of carbonyl (C=O) groups is 1. The molecular weight excluding hydrogens is 378 g/mol. The maximum absolute atomic E-state index is 13.3. The molecular formula is C20H18BFN2O3S. The third-order valence-electron chi connectivity index (χ3n) is 3.69. The lowest BCUT2D eigenvalue weighted by Gasteiger charge is -2.19. The number of esters is 1. The largest absolute Gasteiger partial charge is 0.459 e. The van der Waals surface area contributed by atoms with Crippen molar-refractivity contribution in [1.29, 1.82) is 0 Å². The Morgan fingerprint density at radius 2 is 1.89 bits per heavy atom. The van der Waals surface area contributed by atoms with Gasteiger partial charge in [0.2, 0.25) is 0 Å². The summed E-state index contributed by atoms with van der Waals surface area (Å²) < 4.78 is 20.0. The highest BCUT2D eigenvalue weighted by Gasteiger charge is 2.19. The van der Waals surface area contributed by atoms with E-state index in [4.69, 9.17) is 12.6 Å². The van der Waals surface area contributed by atoms with Crippen molar-refractivity contribution in [3.8, 4) is 5.69 Å². The van der Waals surface area contributed by atoms with E-state index in [1.165, 1.54) is 28.8 Å². The summed E-state index contributed by atoms with van der Waals surface area (Å²) >= 11 is 1.07. The predicted molar refractivity (Wildman–Crippen MR) is 109 cm³/mol. The summed E-state index contributed by atoms with van der Waals surface area (Å²) in [6, 6.07) is 10.3. The molecule has 0 unspecified atom stereocenters. The van der Waals surface area contributed by atoms with E-state index in [9.17, 15) is 14.0 Å². The summed E-state index contributed by atoms with van der Waals surface area (Å²) in [6.07, 6.45) is 0. The molecule has 2 radical (unpaired) electrons. The minimum Gasteiger partial charge on any atom is -0.459 e. The molecule has 28 heavy (non-hydrogen) atoms. The molecule has 3 rings (SSSR count). The van der Waals surface area contributed by atoms with Gasteiger partial charge in [-0.3, -0.25) is 14.2 Å². The maximum atomic E-state index is 13.3. The Labute approximate surface area is 167 Å². The van der Waals surface area contributed by atoms with Crippen molar-refractivity contribution < 1.29 is 13.9 Å². The zero-order chi connectivity index (χ0) is 20.5. The average molecular weight is 396 g/mol. The molecule has 0 N–H and O–H groups in total. The third-order valence-corrected chi connectivity index (χ3v) is 4.60. The van der Waals surface area contributed by atoms with Crippen LogP contribution in [0.1, 0.15) is 20.8 Å². The number of carbonyl (C=O) groups excluding carboxylic acids is 1. The summed E-state index contributed by atoms with van der Waals surface area (Å²) in [5, 5.41) is 0.667. The van der Waals surface area contributed by atoms with Gasteiger partial charge in [0.05, 0.1) is 22.3 Å². The molecule has 1 heterocycles. The van der Waals surface area contributed by atoms with Gasteiger partial charge in [-0.2, -0.15) is 0 Å². The molecule has 5 nitrogen and oxygen atoms in total. The molecule has 0 amide bonds. The van der Waals surface area contributed by atoms with Gasteiger partial charge in [0.1, 0.15) is 19.3 Å². The maximum Gasteiger partial charge on any atom is 0.316 e. The average Bonchev–Trinajstić information content (AvgIpc) is 2.59. The van der Waals surface area contributed by atoms with Gasteiger partial charge in [-0.05, 0) is 57.2 Å². The molecule has 0 atom stereocenters. The second-order valence-electron chi connectivity index (χ2n) is 7.16. The van der Waals surface area contributed by atoms with Crippen molar-refractivity contribution in [1.82, 2.24) is 9.55 Å². The molecule has 0 aliphatic rings. The molecule has 0 aliphatic heterocycles. The Hall–Kier alpha value is -2.61. The van der Waals surface area contributed by atoms with Crippen molar-refractivity contribution in [2.75, 3.05) is 5.75 Å². The zero-order valence-electron chi connectivity index (χ0n) is 15.7. The number of aromatic nitrogens is 2. The summed E-state index contributed by atoms with van der Waals surface area (Å²) in [7, 11) is 5.81. The van der Waals surface area contributed by atoms with Crippen LogP contribution in [0, 0.1) is 5.82 Å². The lowest BCUT2D eigenvalue weighted by atomic mass is 9.95. The number of hydrogen-bond acceptors (Lipinski definition) is 5. The number of ether oxygens (including phenoxy) is 1. The van der Waals surface area contributed by atoms with Crippen LogP contribution in [0.15, 0.2) is 52.4 Å². The molecule has 1 aromatic heterocycles. The number of nitrogens with zero attached hydrogens (tertiary/aromatic N) is 2. The smallest absolute Gasteiger partial charge is 0.316 e. The van der Waals surface area contributed by atoms with E-state index in [1.54, 1.807) is 39.0 Å². The number of fused-ring (bicyclic) bond motifs is 1. The monoisotopic (exact) mass is 396 g/mol. The predicted octanol–water partition coefficient (Wildman–Crippen LogP) is 2.75. The van der Waals surface area contributed by atoms with E-state index in [2.05, 4.69) is 4.98 Å². The molecule has 2 aromatic carbocycles. The van der Waals surface area contributed by atoms with Gasteiger partial charge < -0.3 is 4.74 Å². The molecule has 0 bridgehead atoms. The molecule has 0 spiro atoms. The first-order chi connectivity index (χ1) is 13.1. The molecule has 0 saturated carbocycles. The van der Waals surface area contributed by atoms with Crippen LogP contribution in [0.25, 0.3) is 16.6 Å². The van der Waals surface area contributed by atoms with Crippen molar-refractivity contribution in [2.45, 2.75) is 31.5 Å². The highest BCUT2D eigenvalue weighted by molar-refractivity contribution is 7.99. The number of thioether (sulfide) groups is 1. The van der Waals surface area contributed by atoms with Gasteiger partial charge in [0.25, 0.3) is 5.56 Å². The topological polar surface area (TPSA) is 61.2 Å². The van der Waals surface area contributed by atoms with Gasteiger partial charge in [0, 0.05) is 0 Å². The highest BCUT2D eigenvalue weighted by Crippen LogP contribution is 2.22. The van der Waals surface area contributed by atoms with Crippen molar-refractivity contribution in [3.63, 3.8) is 0 Å². The Balaban J connectivity index is 2.08. The number of rotatable bonds is 4. The van der Waals surface area contributed by atoms with Crippen molar-refractivity contribution >= 4 is 41.9 Å².